The van der Waals surface area contributed by atoms with E-state index >= 15 is 0 Å². The molecule has 1 heterocycles. The third kappa shape index (κ3) is 4.70. The number of imidazole rings is 1. The molecule has 0 radical (unpaired) electrons. The first-order valence-electron chi connectivity index (χ1n) is 11.4. The fraction of sp³-hybridized carbons (Fsp3) is 0.179. The van der Waals surface area contributed by atoms with E-state index in [-0.39, 0.29) is 5.41 Å². The monoisotopic (exact) mass is 485 g/mol. The van der Waals surface area contributed by atoms with Crippen molar-refractivity contribution < 1.29 is 14.3 Å². The van der Waals surface area contributed by atoms with Crippen molar-refractivity contribution in [3.8, 4) is 16.8 Å². The summed E-state index contributed by atoms with van der Waals surface area (Å²) in [4.78, 5) is 28.1. The van der Waals surface area contributed by atoms with Crippen LogP contribution in [0.5, 0.6) is 0 Å². The van der Waals surface area contributed by atoms with Gasteiger partial charge in [0.05, 0.1) is 11.6 Å². The molecule has 0 unspecified atom stereocenters. The summed E-state index contributed by atoms with van der Waals surface area (Å²) in [7, 11) is 0. The van der Waals surface area contributed by atoms with Crippen LogP contribution in [-0.4, -0.2) is 21.9 Å². The lowest BCUT2D eigenvalue weighted by atomic mass is 9.95. The molecular formula is C28H24ClN3O3. The predicted octanol–water partition coefficient (Wildman–Crippen LogP) is 6.73. The molecule has 3 aromatic carbocycles. The van der Waals surface area contributed by atoms with Gasteiger partial charge < -0.3 is 9.53 Å². The number of nitrogens with one attached hydrogen (secondary N) is 1. The van der Waals surface area contributed by atoms with Crippen molar-refractivity contribution >= 4 is 29.8 Å². The number of aldehydes is 1. The van der Waals surface area contributed by atoms with E-state index in [1.165, 1.54) is 0 Å². The van der Waals surface area contributed by atoms with E-state index in [4.69, 9.17) is 16.3 Å². The van der Waals surface area contributed by atoms with E-state index in [1.807, 2.05) is 66.7 Å². The average molecular weight is 486 g/mol. The molecule has 1 atom stereocenters. The highest BCUT2D eigenvalue weighted by Crippen LogP contribution is 2.46. The van der Waals surface area contributed by atoms with E-state index in [2.05, 4.69) is 10.3 Å². The Morgan fingerprint density at radius 2 is 1.71 bits per heavy atom. The molecule has 4 aromatic rings. The molecule has 1 saturated carbocycles. The molecule has 6 nitrogen and oxygen atoms in total. The minimum Gasteiger partial charge on any atom is -0.441 e. The first-order chi connectivity index (χ1) is 17.0. The number of hydrogen-bond donors (Lipinski definition) is 1. The highest BCUT2D eigenvalue weighted by molar-refractivity contribution is 6.31. The van der Waals surface area contributed by atoms with Crippen LogP contribution in [-0.2, 0) is 14.9 Å². The zero-order chi connectivity index (χ0) is 24.4. The first-order valence-corrected chi connectivity index (χ1v) is 11.8. The molecule has 1 amide bonds. The van der Waals surface area contributed by atoms with Crippen molar-refractivity contribution in [1.82, 2.24) is 9.55 Å². The molecule has 176 valence electrons. The van der Waals surface area contributed by atoms with Crippen molar-refractivity contribution in [3.05, 3.63) is 101 Å². The lowest BCUT2D eigenvalue weighted by molar-refractivity contribution is -0.109. The fourth-order valence-corrected chi connectivity index (χ4v) is 4.46. The molecular weight excluding hydrogens is 462 g/mol. The topological polar surface area (TPSA) is 73.2 Å². The number of rotatable bonds is 7. The second-order valence-corrected chi connectivity index (χ2v) is 9.15. The highest BCUT2D eigenvalue weighted by atomic mass is 35.5. The molecule has 35 heavy (non-hydrogen) atoms. The first kappa shape index (κ1) is 22.9. The molecule has 1 aliphatic rings. The Morgan fingerprint density at radius 1 is 1.06 bits per heavy atom. The van der Waals surface area contributed by atoms with Gasteiger partial charge in [0.15, 0.2) is 0 Å². The summed E-state index contributed by atoms with van der Waals surface area (Å²) in [6.45, 7) is 1.77. The normalized spacial score (nSPS) is 14.7. The van der Waals surface area contributed by atoms with Crippen molar-refractivity contribution in [2.45, 2.75) is 31.3 Å². The van der Waals surface area contributed by atoms with Crippen LogP contribution in [0.4, 0.5) is 10.6 Å². The number of benzene rings is 3. The Morgan fingerprint density at radius 3 is 2.34 bits per heavy atom. The summed E-state index contributed by atoms with van der Waals surface area (Å²) >= 11 is 6.20. The Hall–Kier alpha value is -3.90. The largest absolute Gasteiger partial charge is 0.441 e. The number of amides is 1. The Bertz CT molecular complexity index is 1360. The van der Waals surface area contributed by atoms with E-state index in [9.17, 15) is 9.59 Å². The maximum Gasteiger partial charge on any atom is 0.413 e. The summed E-state index contributed by atoms with van der Waals surface area (Å²) < 4.78 is 7.28. The van der Waals surface area contributed by atoms with Gasteiger partial charge in [0.2, 0.25) is 0 Å². The molecule has 1 N–H and O–H groups in total. The van der Waals surface area contributed by atoms with Gasteiger partial charge in [0.25, 0.3) is 0 Å². The van der Waals surface area contributed by atoms with E-state index in [0.29, 0.717) is 10.8 Å². The maximum absolute atomic E-state index is 12.5. The maximum atomic E-state index is 12.5. The Balaban J connectivity index is 1.27. The van der Waals surface area contributed by atoms with Crippen molar-refractivity contribution in [2.24, 2.45) is 0 Å². The van der Waals surface area contributed by atoms with Crippen molar-refractivity contribution in [1.29, 1.82) is 0 Å². The van der Waals surface area contributed by atoms with E-state index in [1.54, 1.807) is 30.1 Å². The Kier molecular flexibility index (Phi) is 6.14. The number of hydrogen-bond acceptors (Lipinski definition) is 4. The quantitative estimate of drug-likeness (QED) is 0.294. The van der Waals surface area contributed by atoms with Gasteiger partial charge in [0.1, 0.15) is 24.5 Å². The van der Waals surface area contributed by atoms with Gasteiger partial charge in [-0.25, -0.2) is 9.78 Å². The van der Waals surface area contributed by atoms with Gasteiger partial charge in [-0.2, -0.15) is 0 Å². The number of nitrogens with zero attached hydrogens (tertiary/aromatic N) is 2. The minimum atomic E-state index is -0.598. The Labute approximate surface area is 208 Å². The van der Waals surface area contributed by atoms with Gasteiger partial charge >= 0.3 is 6.09 Å². The number of carbonyl (C=O) groups is 2. The molecule has 0 spiro atoms. The minimum absolute atomic E-state index is 0.264. The van der Waals surface area contributed by atoms with Crippen molar-refractivity contribution in [2.75, 3.05) is 5.32 Å². The summed E-state index contributed by atoms with van der Waals surface area (Å²) in [5.41, 5.74) is 4.52. The van der Waals surface area contributed by atoms with Crippen molar-refractivity contribution in [3.63, 3.8) is 0 Å². The lowest BCUT2D eigenvalue weighted by Gasteiger charge is -2.16. The average Bonchev–Trinajstić information content (AvgIpc) is 3.56. The third-order valence-electron chi connectivity index (χ3n) is 6.45. The summed E-state index contributed by atoms with van der Waals surface area (Å²) in [6.07, 6.45) is 5.02. The van der Waals surface area contributed by atoms with Crippen LogP contribution in [0, 0.1) is 0 Å². The zero-order valence-electron chi connectivity index (χ0n) is 19.1. The zero-order valence-corrected chi connectivity index (χ0v) is 19.9. The van der Waals surface area contributed by atoms with Crippen LogP contribution in [0.25, 0.3) is 16.8 Å². The van der Waals surface area contributed by atoms with Crippen LogP contribution >= 0.6 is 11.6 Å². The molecule has 0 saturated heterocycles. The second-order valence-electron chi connectivity index (χ2n) is 8.74. The molecule has 7 heteroatoms. The molecule has 1 aromatic heterocycles. The second kappa shape index (κ2) is 9.39. The van der Waals surface area contributed by atoms with Gasteiger partial charge in [0, 0.05) is 16.3 Å². The van der Waals surface area contributed by atoms with Gasteiger partial charge in [-0.3, -0.25) is 9.88 Å². The van der Waals surface area contributed by atoms with E-state index in [0.717, 1.165) is 47.1 Å². The molecule has 0 aliphatic heterocycles. The van der Waals surface area contributed by atoms with Crippen LogP contribution in [0.15, 0.2) is 85.3 Å². The molecule has 5 rings (SSSR count). The fourth-order valence-electron chi connectivity index (χ4n) is 4.17. The number of halogens is 1. The summed E-state index contributed by atoms with van der Waals surface area (Å²) in [6, 6.07) is 23.4. The summed E-state index contributed by atoms with van der Waals surface area (Å²) in [5, 5.41) is 3.30. The number of carbonyl (C=O) groups excluding carboxylic acids is 2. The number of anilines is 1. The lowest BCUT2D eigenvalue weighted by Crippen LogP contribution is -2.18. The standard InChI is InChI=1S/C28H24ClN3O3/c1-19(24-4-2-3-5-25(24)29)35-27(34)31-26-16-30-18-32(26)23-12-8-21(9-13-23)20-6-10-22(11-7-20)28(17-33)14-15-28/h2-13,16-19H,14-15H2,1H3,(H,31,34)/t19-/m1/s1. The van der Waals surface area contributed by atoms with Gasteiger partial charge in [-0.05, 0) is 54.7 Å². The van der Waals surface area contributed by atoms with Crippen LogP contribution in [0.2, 0.25) is 5.02 Å². The summed E-state index contributed by atoms with van der Waals surface area (Å²) in [5.74, 6) is 0.488. The SMILES string of the molecule is C[C@@H](OC(=O)Nc1cncn1-c1ccc(-c2ccc(C3(C=O)CC3)cc2)cc1)c1ccccc1Cl. The number of aromatic nitrogens is 2. The van der Waals surface area contributed by atoms with Crippen LogP contribution in [0.3, 0.4) is 0 Å². The van der Waals surface area contributed by atoms with E-state index < -0.39 is 12.2 Å². The molecule has 1 fully saturated rings. The molecule has 0 bridgehead atoms. The highest BCUT2D eigenvalue weighted by Gasteiger charge is 2.44. The van der Waals surface area contributed by atoms with Gasteiger partial charge in [-0.1, -0.05) is 66.2 Å². The number of ether oxygens (including phenoxy) is 1. The smallest absolute Gasteiger partial charge is 0.413 e. The van der Waals surface area contributed by atoms with Crippen LogP contribution in [0.1, 0.15) is 37.0 Å². The van der Waals surface area contributed by atoms with Crippen LogP contribution < -0.4 is 5.32 Å². The van der Waals surface area contributed by atoms with Gasteiger partial charge in [-0.15, -0.1) is 0 Å². The third-order valence-corrected chi connectivity index (χ3v) is 6.79. The molecule has 1 aliphatic carbocycles. The predicted molar refractivity (Wildman–Crippen MR) is 136 cm³/mol.